The van der Waals surface area contributed by atoms with Crippen LogP contribution in [0.5, 0.6) is 0 Å². The van der Waals surface area contributed by atoms with E-state index in [1.54, 1.807) is 6.20 Å². The third-order valence-corrected chi connectivity index (χ3v) is 6.44. The fraction of sp³-hybridized carbons (Fsp3) is 0.280. The minimum absolute atomic E-state index is 0.155. The number of carbonyl (C=O) groups excluding carboxylic acids is 1. The lowest BCUT2D eigenvalue weighted by Gasteiger charge is -2.38. The highest BCUT2D eigenvalue weighted by Gasteiger charge is 2.32. The minimum Gasteiger partial charge on any atom is -0.355 e. The molecule has 1 N–H and O–H groups in total. The molecule has 4 nitrogen and oxygen atoms in total. The molecule has 0 spiro atoms. The van der Waals surface area contributed by atoms with E-state index < -0.39 is 0 Å². The van der Waals surface area contributed by atoms with Gasteiger partial charge in [-0.3, -0.25) is 4.79 Å². The van der Waals surface area contributed by atoms with E-state index in [9.17, 15) is 9.18 Å². The number of amides is 1. The fourth-order valence-corrected chi connectivity index (χ4v) is 4.49. The van der Waals surface area contributed by atoms with Gasteiger partial charge in [0.15, 0.2) is 0 Å². The van der Waals surface area contributed by atoms with Gasteiger partial charge in [-0.25, -0.2) is 9.37 Å². The number of carbonyl (C=O) groups is 1. The molecule has 2 atom stereocenters. The van der Waals surface area contributed by atoms with Crippen LogP contribution in [0.3, 0.4) is 0 Å². The second-order valence-corrected chi connectivity index (χ2v) is 8.49. The van der Waals surface area contributed by atoms with Crippen molar-refractivity contribution in [2.75, 3.05) is 11.9 Å². The van der Waals surface area contributed by atoms with Gasteiger partial charge in [0.2, 0.25) is 6.41 Å². The predicted octanol–water partition coefficient (Wildman–Crippen LogP) is 6.31. The van der Waals surface area contributed by atoms with Crippen LogP contribution in [0.1, 0.15) is 47.1 Å². The third kappa shape index (κ3) is 4.57. The standard InChI is InChI=1S/C25H25ClFN3O/c1-16-4-3-5-21(12-16)29-24-17(2)25(26)28-14-22(24)23-13-19(10-11-30(23)15-31)18-6-8-20(27)9-7-18/h3-9,12,14-15,19,23H,10-11,13H2,1-2H3,(H,28,29). The fourth-order valence-electron chi connectivity index (χ4n) is 4.35. The Kier molecular flexibility index (Phi) is 6.23. The number of aryl methyl sites for hydroxylation is 1. The zero-order valence-electron chi connectivity index (χ0n) is 17.6. The van der Waals surface area contributed by atoms with Crippen LogP contribution >= 0.6 is 11.6 Å². The van der Waals surface area contributed by atoms with Crippen molar-refractivity contribution in [1.29, 1.82) is 0 Å². The Bertz CT molecular complexity index is 1090. The first-order valence-corrected chi connectivity index (χ1v) is 10.8. The molecule has 31 heavy (non-hydrogen) atoms. The number of nitrogens with one attached hydrogen (secondary N) is 1. The second-order valence-electron chi connectivity index (χ2n) is 8.13. The van der Waals surface area contributed by atoms with Crippen LogP contribution < -0.4 is 5.32 Å². The lowest BCUT2D eigenvalue weighted by atomic mass is 9.82. The Morgan fingerprint density at radius 1 is 1.19 bits per heavy atom. The molecule has 6 heteroatoms. The number of benzene rings is 2. The third-order valence-electron chi connectivity index (χ3n) is 6.06. The number of piperidine rings is 1. The van der Waals surface area contributed by atoms with Crippen LogP contribution in [0.25, 0.3) is 0 Å². The molecule has 0 saturated carbocycles. The minimum atomic E-state index is -0.243. The molecule has 1 aliphatic heterocycles. The average molecular weight is 438 g/mol. The van der Waals surface area contributed by atoms with Gasteiger partial charge >= 0.3 is 0 Å². The highest BCUT2D eigenvalue weighted by molar-refractivity contribution is 6.30. The van der Waals surface area contributed by atoms with Gasteiger partial charge in [0, 0.05) is 29.6 Å². The van der Waals surface area contributed by atoms with Crippen molar-refractivity contribution < 1.29 is 9.18 Å². The molecular formula is C25H25ClFN3O. The first-order valence-electron chi connectivity index (χ1n) is 10.4. The Morgan fingerprint density at radius 2 is 1.97 bits per heavy atom. The normalized spacial score (nSPS) is 18.6. The van der Waals surface area contributed by atoms with Gasteiger partial charge in [0.05, 0.1) is 11.7 Å². The summed E-state index contributed by atoms with van der Waals surface area (Å²) in [7, 11) is 0. The molecule has 3 aromatic rings. The maximum atomic E-state index is 13.4. The van der Waals surface area contributed by atoms with Crippen molar-refractivity contribution in [2.45, 2.75) is 38.6 Å². The number of hydrogen-bond acceptors (Lipinski definition) is 3. The Balaban J connectivity index is 1.72. The van der Waals surface area contributed by atoms with E-state index >= 15 is 0 Å². The number of nitrogens with zero attached hydrogens (tertiary/aromatic N) is 2. The zero-order valence-corrected chi connectivity index (χ0v) is 18.4. The van der Waals surface area contributed by atoms with Crippen molar-refractivity contribution in [3.63, 3.8) is 0 Å². The summed E-state index contributed by atoms with van der Waals surface area (Å²) < 4.78 is 13.4. The summed E-state index contributed by atoms with van der Waals surface area (Å²) in [5, 5.41) is 3.94. The number of halogens is 2. The van der Waals surface area contributed by atoms with Gasteiger partial charge in [-0.05, 0) is 68.0 Å². The summed E-state index contributed by atoms with van der Waals surface area (Å²) in [5.74, 6) is -0.0163. The first kappa shape index (κ1) is 21.3. The van der Waals surface area contributed by atoms with E-state index in [1.807, 2.05) is 49.1 Å². The second kappa shape index (κ2) is 9.06. The van der Waals surface area contributed by atoms with Gasteiger partial charge in [-0.1, -0.05) is 35.9 Å². The SMILES string of the molecule is Cc1cccc(Nc2c(C3CC(c4ccc(F)cc4)CCN3C=O)cnc(Cl)c2C)c1. The quantitative estimate of drug-likeness (QED) is 0.375. The average Bonchev–Trinajstić information content (AvgIpc) is 2.77. The molecule has 2 aromatic carbocycles. The maximum Gasteiger partial charge on any atom is 0.210 e. The van der Waals surface area contributed by atoms with Crippen LogP contribution in [-0.4, -0.2) is 22.8 Å². The molecular weight excluding hydrogens is 413 g/mol. The lowest BCUT2D eigenvalue weighted by molar-refractivity contribution is -0.121. The summed E-state index contributed by atoms with van der Waals surface area (Å²) in [4.78, 5) is 18.1. The molecule has 0 bridgehead atoms. The predicted molar refractivity (Wildman–Crippen MR) is 122 cm³/mol. The summed E-state index contributed by atoms with van der Waals surface area (Å²) >= 11 is 6.36. The van der Waals surface area contributed by atoms with Crippen molar-refractivity contribution in [3.8, 4) is 0 Å². The van der Waals surface area contributed by atoms with Crippen LogP contribution in [-0.2, 0) is 4.79 Å². The van der Waals surface area contributed by atoms with Crippen LogP contribution in [0.4, 0.5) is 15.8 Å². The monoisotopic (exact) mass is 437 g/mol. The molecule has 1 saturated heterocycles. The number of hydrogen-bond donors (Lipinski definition) is 1. The van der Waals surface area contributed by atoms with Crippen molar-refractivity contribution >= 4 is 29.4 Å². The smallest absolute Gasteiger partial charge is 0.210 e. The number of pyridine rings is 1. The number of anilines is 2. The maximum absolute atomic E-state index is 13.4. The molecule has 2 unspecified atom stereocenters. The topological polar surface area (TPSA) is 45.2 Å². The summed E-state index contributed by atoms with van der Waals surface area (Å²) in [6.07, 6.45) is 4.24. The van der Waals surface area contributed by atoms with Gasteiger partial charge < -0.3 is 10.2 Å². The highest BCUT2D eigenvalue weighted by atomic mass is 35.5. The summed E-state index contributed by atoms with van der Waals surface area (Å²) in [6.45, 7) is 4.60. The molecule has 160 valence electrons. The molecule has 0 radical (unpaired) electrons. The number of likely N-dealkylation sites (tertiary alicyclic amines) is 1. The van der Waals surface area contributed by atoms with Crippen molar-refractivity contribution in [3.05, 3.63) is 88.0 Å². The van der Waals surface area contributed by atoms with E-state index in [-0.39, 0.29) is 17.8 Å². The van der Waals surface area contributed by atoms with Crippen molar-refractivity contribution in [1.82, 2.24) is 9.88 Å². The van der Waals surface area contributed by atoms with Gasteiger partial charge in [-0.15, -0.1) is 0 Å². The van der Waals surface area contributed by atoms with E-state index in [0.29, 0.717) is 11.7 Å². The van der Waals surface area contributed by atoms with Gasteiger partial charge in [0.1, 0.15) is 11.0 Å². The highest BCUT2D eigenvalue weighted by Crippen LogP contribution is 2.43. The van der Waals surface area contributed by atoms with Gasteiger partial charge in [0.25, 0.3) is 0 Å². The molecule has 0 aliphatic carbocycles. The number of aromatic nitrogens is 1. The largest absolute Gasteiger partial charge is 0.355 e. The van der Waals surface area contributed by atoms with E-state index in [1.165, 1.54) is 12.1 Å². The Morgan fingerprint density at radius 3 is 2.68 bits per heavy atom. The Hall–Kier alpha value is -2.92. The molecule has 1 amide bonds. The summed E-state index contributed by atoms with van der Waals surface area (Å²) in [6, 6.07) is 14.6. The van der Waals surface area contributed by atoms with Crippen molar-refractivity contribution in [2.24, 2.45) is 0 Å². The zero-order chi connectivity index (χ0) is 22.0. The van der Waals surface area contributed by atoms with Crippen LogP contribution in [0.2, 0.25) is 5.15 Å². The molecule has 1 aliphatic rings. The lowest BCUT2D eigenvalue weighted by Crippen LogP contribution is -2.35. The number of rotatable bonds is 5. The van der Waals surface area contributed by atoms with E-state index in [4.69, 9.17) is 11.6 Å². The van der Waals surface area contributed by atoms with Gasteiger partial charge in [-0.2, -0.15) is 0 Å². The molecule has 4 rings (SSSR count). The van der Waals surface area contributed by atoms with Crippen LogP contribution in [0.15, 0.2) is 54.7 Å². The van der Waals surface area contributed by atoms with Crippen LogP contribution in [0, 0.1) is 19.7 Å². The Labute approximate surface area is 187 Å². The summed E-state index contributed by atoms with van der Waals surface area (Å²) in [5.41, 5.74) is 5.84. The van der Waals surface area contributed by atoms with E-state index in [2.05, 4.69) is 16.4 Å². The first-order chi connectivity index (χ1) is 15.0. The molecule has 2 heterocycles. The molecule has 1 aromatic heterocycles. The molecule has 1 fully saturated rings. The van der Waals surface area contributed by atoms with E-state index in [0.717, 1.165) is 52.9 Å².